The first-order valence-electron chi connectivity index (χ1n) is 12.7. The molecule has 0 bridgehead atoms. The minimum atomic E-state index is -0.364. The summed E-state index contributed by atoms with van der Waals surface area (Å²) in [6.45, 7) is 10.7. The third-order valence-corrected chi connectivity index (χ3v) is 8.43. The summed E-state index contributed by atoms with van der Waals surface area (Å²) < 4.78 is 13.4. The molecule has 0 saturated carbocycles. The van der Waals surface area contributed by atoms with Gasteiger partial charge in [0.25, 0.3) is 0 Å². The van der Waals surface area contributed by atoms with Crippen molar-refractivity contribution < 1.29 is 19.1 Å². The van der Waals surface area contributed by atoms with E-state index >= 15 is 0 Å². The number of aryl methyl sites for hydroxylation is 3. The third-order valence-electron chi connectivity index (χ3n) is 6.26. The summed E-state index contributed by atoms with van der Waals surface area (Å²) in [6.07, 6.45) is 3.68. The fourth-order valence-electron chi connectivity index (χ4n) is 4.24. The topological polar surface area (TPSA) is 95.3 Å². The summed E-state index contributed by atoms with van der Waals surface area (Å²) in [5.74, 6) is 1.08. The summed E-state index contributed by atoms with van der Waals surface area (Å²) in [6, 6.07) is 5.99. The second kappa shape index (κ2) is 12.1. The molecule has 0 saturated heterocycles. The van der Waals surface area contributed by atoms with E-state index in [4.69, 9.17) is 9.47 Å². The lowest BCUT2D eigenvalue weighted by Gasteiger charge is -2.14. The van der Waals surface area contributed by atoms with E-state index < -0.39 is 0 Å². The van der Waals surface area contributed by atoms with Crippen LogP contribution in [0.1, 0.15) is 71.4 Å². The van der Waals surface area contributed by atoms with Gasteiger partial charge in [0.1, 0.15) is 17.4 Å². The predicted molar refractivity (Wildman–Crippen MR) is 147 cm³/mol. The second-order valence-corrected chi connectivity index (χ2v) is 11.4. The lowest BCUT2D eigenvalue weighted by Crippen LogP contribution is -2.19. The fraction of sp³-hybridized carbons (Fsp3) is 0.481. The average Bonchev–Trinajstić information content (AvgIpc) is 3.43. The molecule has 0 unspecified atom stereocenters. The van der Waals surface area contributed by atoms with Crippen LogP contribution in [-0.4, -0.2) is 38.5 Å². The molecule has 1 aliphatic carbocycles. The molecule has 0 radical (unpaired) electrons. The van der Waals surface area contributed by atoms with Crippen LogP contribution in [0.5, 0.6) is 5.75 Å². The Morgan fingerprint density at radius 2 is 1.95 bits per heavy atom. The molecule has 3 aromatic rings. The maximum atomic E-state index is 12.9. The number of carbonyl (C=O) groups excluding carboxylic acids is 2. The Labute approximate surface area is 226 Å². The van der Waals surface area contributed by atoms with Gasteiger partial charge in [-0.05, 0) is 89.1 Å². The van der Waals surface area contributed by atoms with Gasteiger partial charge in [0.2, 0.25) is 5.91 Å². The summed E-state index contributed by atoms with van der Waals surface area (Å²) in [7, 11) is 0. The number of nitrogens with one attached hydrogen (secondary N) is 1. The normalized spacial score (nSPS) is 12.9. The van der Waals surface area contributed by atoms with E-state index in [0.717, 1.165) is 37.0 Å². The van der Waals surface area contributed by atoms with Crippen LogP contribution in [0.3, 0.4) is 0 Å². The second-order valence-electron chi connectivity index (χ2n) is 9.38. The maximum Gasteiger partial charge on any atom is 0.341 e. The number of thiophene rings is 1. The minimum absolute atomic E-state index is 0.150. The Bertz CT molecular complexity index is 1280. The first-order valence-corrected chi connectivity index (χ1v) is 14.5. The minimum Gasteiger partial charge on any atom is -0.486 e. The number of nitrogens with zero attached hydrogens (tertiary/aromatic N) is 3. The summed E-state index contributed by atoms with van der Waals surface area (Å²) in [4.78, 5) is 26.9. The van der Waals surface area contributed by atoms with Crippen LogP contribution in [0.4, 0.5) is 5.00 Å². The van der Waals surface area contributed by atoms with Crippen LogP contribution < -0.4 is 10.1 Å². The van der Waals surface area contributed by atoms with Gasteiger partial charge >= 0.3 is 5.97 Å². The zero-order valence-electron chi connectivity index (χ0n) is 22.1. The number of rotatable bonds is 10. The van der Waals surface area contributed by atoms with Gasteiger partial charge in [-0.15, -0.1) is 21.5 Å². The van der Waals surface area contributed by atoms with Crippen molar-refractivity contribution in [2.75, 3.05) is 11.1 Å². The molecule has 1 N–H and O–H groups in total. The van der Waals surface area contributed by atoms with E-state index in [9.17, 15) is 9.59 Å². The van der Waals surface area contributed by atoms with Gasteiger partial charge in [-0.3, -0.25) is 4.79 Å². The molecular weight excluding hydrogens is 508 g/mol. The highest BCUT2D eigenvalue weighted by Gasteiger charge is 2.28. The molecule has 0 atom stereocenters. The number of benzene rings is 1. The molecule has 2 heterocycles. The smallest absolute Gasteiger partial charge is 0.341 e. The quantitative estimate of drug-likeness (QED) is 0.258. The number of hydrogen-bond acceptors (Lipinski definition) is 8. The van der Waals surface area contributed by atoms with Crippen molar-refractivity contribution in [3.63, 3.8) is 0 Å². The van der Waals surface area contributed by atoms with Crippen LogP contribution in [0.2, 0.25) is 0 Å². The van der Waals surface area contributed by atoms with Gasteiger partial charge in [-0.1, -0.05) is 17.8 Å². The number of hydrogen-bond donors (Lipinski definition) is 1. The van der Waals surface area contributed by atoms with Crippen LogP contribution in [-0.2, 0) is 35.5 Å². The molecule has 1 amide bonds. The highest BCUT2D eigenvalue weighted by atomic mass is 32.2. The zero-order chi connectivity index (χ0) is 26.5. The third kappa shape index (κ3) is 6.54. The van der Waals surface area contributed by atoms with E-state index in [-0.39, 0.29) is 30.3 Å². The molecule has 1 aromatic carbocycles. The van der Waals surface area contributed by atoms with Gasteiger partial charge < -0.3 is 19.4 Å². The first kappa shape index (κ1) is 27.2. The van der Waals surface area contributed by atoms with Crippen molar-refractivity contribution in [1.29, 1.82) is 0 Å². The molecule has 37 heavy (non-hydrogen) atoms. The lowest BCUT2D eigenvalue weighted by atomic mass is 9.95. The number of ether oxygens (including phenoxy) is 2. The van der Waals surface area contributed by atoms with E-state index in [1.807, 2.05) is 43.5 Å². The Kier molecular flexibility index (Phi) is 8.91. The van der Waals surface area contributed by atoms with Crippen molar-refractivity contribution in [2.45, 2.75) is 84.7 Å². The molecule has 0 spiro atoms. The molecular formula is C27H34N4O4S2. The molecule has 4 rings (SSSR count). The Morgan fingerprint density at radius 3 is 2.68 bits per heavy atom. The van der Waals surface area contributed by atoms with Crippen LogP contribution >= 0.6 is 23.1 Å². The number of carbonyl (C=O) groups is 2. The molecule has 10 heteroatoms. The van der Waals surface area contributed by atoms with Gasteiger partial charge in [-0.2, -0.15) is 0 Å². The summed E-state index contributed by atoms with van der Waals surface area (Å²) in [5, 5.41) is 12.8. The van der Waals surface area contributed by atoms with Gasteiger partial charge in [-0.25, -0.2) is 4.79 Å². The van der Waals surface area contributed by atoms with Crippen LogP contribution in [0.25, 0.3) is 0 Å². The molecule has 0 fully saturated rings. The number of amides is 1. The highest BCUT2D eigenvalue weighted by molar-refractivity contribution is 7.99. The van der Waals surface area contributed by atoms with E-state index in [0.29, 0.717) is 28.1 Å². The first-order chi connectivity index (χ1) is 17.8. The van der Waals surface area contributed by atoms with Crippen molar-refractivity contribution in [3.05, 3.63) is 51.2 Å². The summed E-state index contributed by atoms with van der Waals surface area (Å²) in [5.41, 5.74) is 3.94. The number of thioether (sulfide) groups is 1. The Hall–Kier alpha value is -2.85. The van der Waals surface area contributed by atoms with Gasteiger partial charge in [0.05, 0.1) is 17.4 Å². The molecule has 1 aliphatic rings. The van der Waals surface area contributed by atoms with Crippen LogP contribution in [0, 0.1) is 13.8 Å². The maximum absolute atomic E-state index is 12.9. The van der Waals surface area contributed by atoms with Crippen molar-refractivity contribution >= 4 is 40.0 Å². The van der Waals surface area contributed by atoms with E-state index in [1.165, 1.54) is 39.1 Å². The van der Waals surface area contributed by atoms with Gasteiger partial charge in [0.15, 0.2) is 11.0 Å². The highest BCUT2D eigenvalue weighted by Crippen LogP contribution is 2.39. The SMILES string of the molecule is CCn1c(COc2ccc(C)c(C)c2)nnc1SCC(=O)Nc1sc2c(c1C(=O)OC(C)C)CCCC2. The van der Waals surface area contributed by atoms with Crippen molar-refractivity contribution in [2.24, 2.45) is 0 Å². The lowest BCUT2D eigenvalue weighted by molar-refractivity contribution is -0.113. The predicted octanol–water partition coefficient (Wildman–Crippen LogP) is 5.73. The Morgan fingerprint density at radius 1 is 1.16 bits per heavy atom. The van der Waals surface area contributed by atoms with E-state index in [1.54, 1.807) is 0 Å². The van der Waals surface area contributed by atoms with Gasteiger partial charge in [0, 0.05) is 11.4 Å². The number of esters is 1. The fourth-order valence-corrected chi connectivity index (χ4v) is 6.35. The van der Waals surface area contributed by atoms with E-state index in [2.05, 4.69) is 29.4 Å². The standard InChI is InChI=1S/C27H34N4O4S2/c1-6-31-22(14-34-19-12-11-17(4)18(5)13-19)29-30-27(31)36-15-23(32)28-25-24(26(33)35-16(2)3)20-9-7-8-10-21(20)37-25/h11-13,16H,6-10,14-15H2,1-5H3,(H,28,32). The number of aromatic nitrogens is 3. The number of fused-ring (bicyclic) bond motifs is 1. The van der Waals surface area contributed by atoms with Crippen molar-refractivity contribution in [1.82, 2.24) is 14.8 Å². The molecule has 198 valence electrons. The molecule has 0 aliphatic heterocycles. The molecule has 2 aromatic heterocycles. The number of anilines is 1. The largest absolute Gasteiger partial charge is 0.486 e. The Balaban J connectivity index is 1.41. The zero-order valence-corrected chi connectivity index (χ0v) is 23.7. The monoisotopic (exact) mass is 542 g/mol. The summed E-state index contributed by atoms with van der Waals surface area (Å²) >= 11 is 2.81. The molecule has 8 nitrogen and oxygen atoms in total. The van der Waals surface area contributed by atoms with Crippen molar-refractivity contribution in [3.8, 4) is 5.75 Å². The van der Waals surface area contributed by atoms with Crippen LogP contribution in [0.15, 0.2) is 23.4 Å². The average molecular weight is 543 g/mol.